The zero-order valence-corrected chi connectivity index (χ0v) is 10.9. The maximum atomic E-state index is 10.3. The molecule has 0 radical (unpaired) electrons. The van der Waals surface area contributed by atoms with Crippen LogP contribution in [0.1, 0.15) is 46.5 Å². The van der Waals surface area contributed by atoms with Crippen LogP contribution in [0.2, 0.25) is 0 Å². The lowest BCUT2D eigenvalue weighted by Crippen LogP contribution is -2.46. The molecule has 96 valence electrons. The molecule has 2 N–H and O–H groups in total. The quantitative estimate of drug-likeness (QED) is 0.753. The minimum absolute atomic E-state index is 0.182. The molecule has 0 spiro atoms. The van der Waals surface area contributed by atoms with Crippen molar-refractivity contribution in [2.75, 3.05) is 19.6 Å². The van der Waals surface area contributed by atoms with Crippen LogP contribution in [-0.4, -0.2) is 46.5 Å². The molecule has 3 nitrogen and oxygen atoms in total. The van der Waals surface area contributed by atoms with Gasteiger partial charge in [0.15, 0.2) is 0 Å². The molecule has 3 heteroatoms. The van der Waals surface area contributed by atoms with E-state index in [0.29, 0.717) is 5.92 Å². The van der Waals surface area contributed by atoms with E-state index in [2.05, 4.69) is 4.90 Å². The molecule has 1 atom stereocenters. The number of β-amino-alcohol motifs (C(OH)–C–C–N with tert-alkyl or cyclic N) is 1. The molecule has 0 bridgehead atoms. The second-order valence-electron chi connectivity index (χ2n) is 5.29. The lowest BCUT2D eigenvalue weighted by atomic mass is 9.90. The first-order chi connectivity index (χ1) is 7.50. The molecule has 0 amide bonds. The lowest BCUT2D eigenvalue weighted by molar-refractivity contribution is -0.0186. The maximum Gasteiger partial charge on any atom is 0.0768 e. The molecule has 0 saturated carbocycles. The summed E-state index contributed by atoms with van der Waals surface area (Å²) in [5, 5.41) is 19.8. The molecule has 1 heterocycles. The van der Waals surface area contributed by atoms with Crippen molar-refractivity contribution >= 4 is 0 Å². The lowest BCUT2D eigenvalue weighted by Gasteiger charge is -2.38. The van der Waals surface area contributed by atoms with Gasteiger partial charge >= 0.3 is 0 Å². The third-order valence-electron chi connectivity index (χ3n) is 4.15. The monoisotopic (exact) mass is 229 g/mol. The summed E-state index contributed by atoms with van der Waals surface area (Å²) in [5.74, 6) is 0.451. The maximum absolute atomic E-state index is 10.3. The largest absolute Gasteiger partial charge is 0.393 e. The van der Waals surface area contributed by atoms with Crippen molar-refractivity contribution in [1.29, 1.82) is 0 Å². The van der Waals surface area contributed by atoms with Crippen LogP contribution in [0.5, 0.6) is 0 Å². The third kappa shape index (κ3) is 3.72. The summed E-state index contributed by atoms with van der Waals surface area (Å²) >= 11 is 0. The van der Waals surface area contributed by atoms with Crippen LogP contribution in [0.15, 0.2) is 0 Å². The fourth-order valence-electron chi connectivity index (χ4n) is 2.48. The smallest absolute Gasteiger partial charge is 0.0768 e. The third-order valence-corrected chi connectivity index (χ3v) is 4.15. The van der Waals surface area contributed by atoms with Crippen molar-refractivity contribution in [3.05, 3.63) is 0 Å². The number of piperidine rings is 1. The van der Waals surface area contributed by atoms with Gasteiger partial charge in [0, 0.05) is 6.54 Å². The van der Waals surface area contributed by atoms with E-state index in [1.54, 1.807) is 0 Å². The van der Waals surface area contributed by atoms with Crippen LogP contribution in [0.3, 0.4) is 0 Å². The van der Waals surface area contributed by atoms with Crippen molar-refractivity contribution in [3.8, 4) is 0 Å². The molecule has 1 saturated heterocycles. The molecule has 16 heavy (non-hydrogen) atoms. The van der Waals surface area contributed by atoms with Gasteiger partial charge in [-0.15, -0.1) is 0 Å². The number of rotatable bonds is 5. The van der Waals surface area contributed by atoms with E-state index in [1.807, 2.05) is 20.8 Å². The average molecular weight is 229 g/mol. The van der Waals surface area contributed by atoms with E-state index in [0.717, 1.165) is 45.3 Å². The number of hydrogen-bond acceptors (Lipinski definition) is 3. The Kier molecular flexibility index (Phi) is 5.22. The fraction of sp³-hybridized carbons (Fsp3) is 1.00. The summed E-state index contributed by atoms with van der Waals surface area (Å²) in [6, 6.07) is 0. The van der Waals surface area contributed by atoms with Gasteiger partial charge in [-0.2, -0.15) is 0 Å². The number of aliphatic hydroxyl groups excluding tert-OH is 1. The predicted molar refractivity (Wildman–Crippen MR) is 66.4 cm³/mol. The van der Waals surface area contributed by atoms with Crippen molar-refractivity contribution in [2.24, 2.45) is 5.92 Å². The second-order valence-corrected chi connectivity index (χ2v) is 5.29. The van der Waals surface area contributed by atoms with Gasteiger partial charge in [0.1, 0.15) is 0 Å². The van der Waals surface area contributed by atoms with Gasteiger partial charge in [-0.05, 0) is 51.6 Å². The second kappa shape index (κ2) is 5.99. The Hall–Kier alpha value is -0.120. The van der Waals surface area contributed by atoms with Gasteiger partial charge in [-0.3, -0.25) is 0 Å². The Balaban J connectivity index is 2.37. The summed E-state index contributed by atoms with van der Waals surface area (Å²) in [7, 11) is 0. The Morgan fingerprint density at radius 2 is 1.75 bits per heavy atom. The number of hydrogen-bond donors (Lipinski definition) is 2. The summed E-state index contributed by atoms with van der Waals surface area (Å²) in [4.78, 5) is 2.34. The zero-order chi connectivity index (χ0) is 12.2. The highest BCUT2D eigenvalue weighted by Gasteiger charge is 2.29. The van der Waals surface area contributed by atoms with Crippen LogP contribution < -0.4 is 0 Å². The van der Waals surface area contributed by atoms with Gasteiger partial charge in [-0.25, -0.2) is 0 Å². The number of aliphatic hydroxyl groups is 2. The van der Waals surface area contributed by atoms with E-state index < -0.39 is 5.60 Å². The van der Waals surface area contributed by atoms with Gasteiger partial charge in [-0.1, -0.05) is 13.8 Å². The van der Waals surface area contributed by atoms with Crippen LogP contribution in [-0.2, 0) is 0 Å². The van der Waals surface area contributed by atoms with Gasteiger partial charge in [0.2, 0.25) is 0 Å². The van der Waals surface area contributed by atoms with E-state index in [-0.39, 0.29) is 6.10 Å². The standard InChI is InChI=1S/C13H27NO2/c1-4-13(16,5-2)10-14-8-6-12(7-9-14)11(3)15/h11-12,15-16H,4-10H2,1-3H3. The molecule has 0 aromatic rings. The van der Waals surface area contributed by atoms with E-state index in [1.165, 1.54) is 0 Å². The van der Waals surface area contributed by atoms with Gasteiger partial charge in [0.25, 0.3) is 0 Å². The SMILES string of the molecule is CCC(O)(CC)CN1CCC(C(C)O)CC1. The summed E-state index contributed by atoms with van der Waals surface area (Å²) in [5.41, 5.74) is -0.516. The first-order valence-corrected chi connectivity index (χ1v) is 6.63. The normalized spacial score (nSPS) is 22.3. The topological polar surface area (TPSA) is 43.7 Å². The van der Waals surface area contributed by atoms with E-state index in [4.69, 9.17) is 0 Å². The molecule has 0 aromatic heterocycles. The molecule has 1 aliphatic rings. The van der Waals surface area contributed by atoms with Gasteiger partial charge < -0.3 is 15.1 Å². The highest BCUT2D eigenvalue weighted by atomic mass is 16.3. The molecule has 1 rings (SSSR count). The number of likely N-dealkylation sites (tertiary alicyclic amines) is 1. The van der Waals surface area contributed by atoms with Gasteiger partial charge in [0.05, 0.1) is 11.7 Å². The van der Waals surface area contributed by atoms with Crippen LogP contribution in [0.25, 0.3) is 0 Å². The van der Waals surface area contributed by atoms with Crippen molar-refractivity contribution in [3.63, 3.8) is 0 Å². The van der Waals surface area contributed by atoms with Crippen LogP contribution in [0, 0.1) is 5.92 Å². The summed E-state index contributed by atoms with van der Waals surface area (Å²) < 4.78 is 0. The van der Waals surface area contributed by atoms with E-state index >= 15 is 0 Å². The predicted octanol–water partition coefficient (Wildman–Crippen LogP) is 1.63. The van der Waals surface area contributed by atoms with Crippen molar-refractivity contribution in [1.82, 2.24) is 4.90 Å². The highest BCUT2D eigenvalue weighted by Crippen LogP contribution is 2.23. The summed E-state index contributed by atoms with van der Waals surface area (Å²) in [6.45, 7) is 8.79. The zero-order valence-electron chi connectivity index (χ0n) is 10.9. The Morgan fingerprint density at radius 1 is 1.25 bits per heavy atom. The van der Waals surface area contributed by atoms with Crippen LogP contribution in [0.4, 0.5) is 0 Å². The Morgan fingerprint density at radius 3 is 2.12 bits per heavy atom. The Labute approximate surface area is 99.5 Å². The van der Waals surface area contributed by atoms with E-state index in [9.17, 15) is 10.2 Å². The number of nitrogens with zero attached hydrogens (tertiary/aromatic N) is 1. The highest BCUT2D eigenvalue weighted by molar-refractivity contribution is 4.83. The molecule has 1 unspecified atom stereocenters. The molecular weight excluding hydrogens is 202 g/mol. The van der Waals surface area contributed by atoms with Crippen LogP contribution >= 0.6 is 0 Å². The van der Waals surface area contributed by atoms with Crippen molar-refractivity contribution in [2.45, 2.75) is 58.2 Å². The fourth-order valence-corrected chi connectivity index (χ4v) is 2.48. The molecule has 0 aromatic carbocycles. The minimum atomic E-state index is -0.516. The average Bonchev–Trinajstić information content (AvgIpc) is 2.29. The molecule has 0 aliphatic carbocycles. The summed E-state index contributed by atoms with van der Waals surface area (Å²) in [6.07, 6.45) is 3.57. The minimum Gasteiger partial charge on any atom is -0.393 e. The molecular formula is C13H27NO2. The molecule has 1 fully saturated rings. The Bertz CT molecular complexity index is 194. The molecule has 1 aliphatic heterocycles. The first-order valence-electron chi connectivity index (χ1n) is 6.63. The first kappa shape index (κ1) is 13.9. The van der Waals surface area contributed by atoms with Crippen molar-refractivity contribution < 1.29 is 10.2 Å².